The third-order valence-corrected chi connectivity index (χ3v) is 3.88. The quantitative estimate of drug-likeness (QED) is 0.446. The summed E-state index contributed by atoms with van der Waals surface area (Å²) in [6, 6.07) is 5.67. The van der Waals surface area contributed by atoms with Gasteiger partial charge in [0, 0.05) is 19.6 Å². The van der Waals surface area contributed by atoms with Crippen LogP contribution in [0.3, 0.4) is 0 Å². The average Bonchev–Trinajstić information content (AvgIpc) is 2.91. The number of nitrogens with zero attached hydrogens (tertiary/aromatic N) is 3. The zero-order valence-corrected chi connectivity index (χ0v) is 12.3. The van der Waals surface area contributed by atoms with E-state index >= 15 is 0 Å². The van der Waals surface area contributed by atoms with Crippen molar-refractivity contribution in [1.29, 1.82) is 0 Å². The number of rotatable bonds is 4. The SMILES string of the molecule is CCN1C(=O)C(=O)N(CCN2C(=O)c3ccccc3C2=O)C1=O. The second-order valence-electron chi connectivity index (χ2n) is 5.10. The first-order chi connectivity index (χ1) is 11.0. The van der Waals surface area contributed by atoms with Gasteiger partial charge in [0.25, 0.3) is 11.8 Å². The van der Waals surface area contributed by atoms with Crippen molar-refractivity contribution in [3.63, 3.8) is 0 Å². The molecule has 6 amide bonds. The van der Waals surface area contributed by atoms with Crippen LogP contribution in [0.15, 0.2) is 24.3 Å². The Morgan fingerprint density at radius 3 is 1.65 bits per heavy atom. The molecule has 1 aromatic rings. The van der Waals surface area contributed by atoms with Crippen LogP contribution in [0.1, 0.15) is 27.6 Å². The molecule has 0 radical (unpaired) electrons. The third kappa shape index (κ3) is 2.10. The lowest BCUT2D eigenvalue weighted by Gasteiger charge is -2.18. The molecular weight excluding hydrogens is 302 g/mol. The van der Waals surface area contributed by atoms with Crippen molar-refractivity contribution in [2.45, 2.75) is 6.92 Å². The van der Waals surface area contributed by atoms with E-state index in [0.717, 1.165) is 14.7 Å². The molecule has 2 heterocycles. The molecule has 2 aliphatic rings. The van der Waals surface area contributed by atoms with Crippen LogP contribution in [0.4, 0.5) is 4.79 Å². The van der Waals surface area contributed by atoms with Gasteiger partial charge in [-0.15, -0.1) is 0 Å². The highest BCUT2D eigenvalue weighted by Gasteiger charge is 2.44. The summed E-state index contributed by atoms with van der Waals surface area (Å²) in [4.78, 5) is 62.3. The minimum Gasteiger partial charge on any atom is -0.273 e. The minimum absolute atomic E-state index is 0.0902. The molecule has 1 aromatic carbocycles. The van der Waals surface area contributed by atoms with Crippen molar-refractivity contribution in [2.75, 3.05) is 19.6 Å². The molecule has 0 saturated carbocycles. The van der Waals surface area contributed by atoms with Gasteiger partial charge in [-0.2, -0.15) is 0 Å². The Balaban J connectivity index is 1.74. The van der Waals surface area contributed by atoms with E-state index in [9.17, 15) is 24.0 Å². The van der Waals surface area contributed by atoms with Gasteiger partial charge in [0.2, 0.25) is 0 Å². The molecule has 23 heavy (non-hydrogen) atoms. The van der Waals surface area contributed by atoms with Crippen molar-refractivity contribution in [3.05, 3.63) is 35.4 Å². The summed E-state index contributed by atoms with van der Waals surface area (Å²) in [5.74, 6) is -2.76. The molecular formula is C15H13N3O5. The molecule has 3 rings (SSSR count). The van der Waals surface area contributed by atoms with E-state index in [2.05, 4.69) is 0 Å². The van der Waals surface area contributed by atoms with Crippen molar-refractivity contribution < 1.29 is 24.0 Å². The first-order valence-electron chi connectivity index (χ1n) is 7.10. The molecule has 0 bridgehead atoms. The maximum atomic E-state index is 12.2. The van der Waals surface area contributed by atoms with Crippen LogP contribution in [0.5, 0.6) is 0 Å². The highest BCUT2D eigenvalue weighted by Crippen LogP contribution is 2.22. The lowest BCUT2D eigenvalue weighted by molar-refractivity contribution is -0.143. The molecule has 2 aliphatic heterocycles. The molecule has 0 unspecified atom stereocenters. The normalized spacial score (nSPS) is 17.6. The Bertz CT molecular complexity index is 722. The lowest BCUT2D eigenvalue weighted by atomic mass is 10.1. The fourth-order valence-electron chi connectivity index (χ4n) is 2.67. The number of hydrogen-bond acceptors (Lipinski definition) is 5. The zero-order valence-electron chi connectivity index (χ0n) is 12.3. The highest BCUT2D eigenvalue weighted by molar-refractivity contribution is 6.44. The first kappa shape index (κ1) is 14.9. The van der Waals surface area contributed by atoms with Crippen LogP contribution in [0, 0.1) is 0 Å². The van der Waals surface area contributed by atoms with Crippen molar-refractivity contribution >= 4 is 29.7 Å². The van der Waals surface area contributed by atoms with E-state index in [4.69, 9.17) is 0 Å². The van der Waals surface area contributed by atoms with E-state index in [0.29, 0.717) is 11.1 Å². The van der Waals surface area contributed by atoms with Crippen LogP contribution in [-0.2, 0) is 9.59 Å². The van der Waals surface area contributed by atoms with Gasteiger partial charge in [-0.1, -0.05) is 12.1 Å². The Morgan fingerprint density at radius 2 is 1.17 bits per heavy atom. The summed E-state index contributed by atoms with van der Waals surface area (Å²) < 4.78 is 0. The number of amides is 6. The number of likely N-dealkylation sites (N-methyl/N-ethyl adjacent to an activating group) is 1. The van der Waals surface area contributed by atoms with Crippen molar-refractivity contribution in [2.24, 2.45) is 0 Å². The predicted octanol–water partition coefficient (Wildman–Crippen LogP) is 0.0933. The van der Waals surface area contributed by atoms with Gasteiger partial charge in [-0.05, 0) is 19.1 Å². The molecule has 118 valence electrons. The lowest BCUT2D eigenvalue weighted by Crippen LogP contribution is -2.41. The standard InChI is InChI=1S/C15H13N3O5/c1-2-16-13(21)14(22)18(15(16)23)8-7-17-11(19)9-5-3-4-6-10(9)12(17)20/h3-6H,2,7-8H2,1H3. The van der Waals surface area contributed by atoms with Gasteiger partial charge in [-0.25, -0.2) is 4.79 Å². The maximum absolute atomic E-state index is 12.2. The summed E-state index contributed by atoms with van der Waals surface area (Å²) in [5, 5.41) is 0. The molecule has 1 saturated heterocycles. The number of imide groups is 3. The fraction of sp³-hybridized carbons (Fsp3) is 0.267. The molecule has 0 atom stereocenters. The largest absolute Gasteiger partial charge is 0.334 e. The highest BCUT2D eigenvalue weighted by atomic mass is 16.2. The molecule has 1 fully saturated rings. The third-order valence-electron chi connectivity index (χ3n) is 3.88. The summed E-state index contributed by atoms with van der Waals surface area (Å²) in [7, 11) is 0. The number of fused-ring (bicyclic) bond motifs is 1. The summed E-state index contributed by atoms with van der Waals surface area (Å²) >= 11 is 0. The number of urea groups is 1. The Labute approximate surface area is 131 Å². The van der Waals surface area contributed by atoms with Crippen molar-refractivity contribution in [1.82, 2.24) is 14.7 Å². The summed E-state index contributed by atoms with van der Waals surface area (Å²) in [6.07, 6.45) is 0. The Hall–Kier alpha value is -3.03. The minimum atomic E-state index is -0.937. The van der Waals surface area contributed by atoms with Crippen LogP contribution < -0.4 is 0 Å². The molecule has 0 N–H and O–H groups in total. The monoisotopic (exact) mass is 315 g/mol. The van der Waals surface area contributed by atoms with Crippen LogP contribution >= 0.6 is 0 Å². The van der Waals surface area contributed by atoms with Gasteiger partial charge in [0.05, 0.1) is 11.1 Å². The predicted molar refractivity (Wildman–Crippen MR) is 76.3 cm³/mol. The second-order valence-corrected chi connectivity index (χ2v) is 5.10. The topological polar surface area (TPSA) is 95.1 Å². The van der Waals surface area contributed by atoms with Crippen LogP contribution in [0.2, 0.25) is 0 Å². The van der Waals surface area contributed by atoms with Crippen molar-refractivity contribution in [3.8, 4) is 0 Å². The van der Waals surface area contributed by atoms with Crippen LogP contribution in [0.25, 0.3) is 0 Å². The van der Waals surface area contributed by atoms with E-state index < -0.39 is 29.7 Å². The summed E-state index contributed by atoms with van der Waals surface area (Å²) in [6.45, 7) is 1.32. The van der Waals surface area contributed by atoms with Gasteiger partial charge in [0.1, 0.15) is 0 Å². The number of carbonyl (C=O) groups is 5. The molecule has 8 nitrogen and oxygen atoms in total. The molecule has 0 spiro atoms. The number of hydrogen-bond donors (Lipinski definition) is 0. The van der Waals surface area contributed by atoms with E-state index in [1.165, 1.54) is 0 Å². The Kier molecular flexibility index (Phi) is 3.44. The first-order valence-corrected chi connectivity index (χ1v) is 7.10. The zero-order chi connectivity index (χ0) is 16.7. The van der Waals surface area contributed by atoms with Gasteiger partial charge in [-0.3, -0.25) is 33.9 Å². The van der Waals surface area contributed by atoms with Crippen LogP contribution in [-0.4, -0.2) is 64.0 Å². The van der Waals surface area contributed by atoms with E-state index in [1.807, 2.05) is 0 Å². The average molecular weight is 315 g/mol. The van der Waals surface area contributed by atoms with Gasteiger partial charge < -0.3 is 0 Å². The molecule has 8 heteroatoms. The molecule has 0 aliphatic carbocycles. The number of carbonyl (C=O) groups excluding carboxylic acids is 5. The second kappa shape index (κ2) is 5.31. The summed E-state index contributed by atoms with van der Waals surface area (Å²) in [5.41, 5.74) is 0.589. The smallest absolute Gasteiger partial charge is 0.273 e. The fourth-order valence-corrected chi connectivity index (χ4v) is 2.67. The number of benzene rings is 1. The maximum Gasteiger partial charge on any atom is 0.334 e. The van der Waals surface area contributed by atoms with Gasteiger partial charge >= 0.3 is 17.8 Å². The Morgan fingerprint density at radius 1 is 0.696 bits per heavy atom. The van der Waals surface area contributed by atoms with E-state index in [-0.39, 0.29) is 19.6 Å². The van der Waals surface area contributed by atoms with E-state index in [1.54, 1.807) is 31.2 Å². The van der Waals surface area contributed by atoms with Gasteiger partial charge in [0.15, 0.2) is 0 Å². The molecule has 0 aromatic heterocycles.